The van der Waals surface area contributed by atoms with Crippen molar-refractivity contribution in [3.8, 4) is 11.5 Å². The third kappa shape index (κ3) is 3.89. The van der Waals surface area contributed by atoms with E-state index in [1.807, 2.05) is 30.3 Å². The Morgan fingerprint density at radius 2 is 2.00 bits per heavy atom. The number of nitrogens with zero attached hydrogens (tertiary/aromatic N) is 1. The molecule has 0 bridgehead atoms. The molecular formula is C19H24N2O2. The number of benzene rings is 2. The molecule has 4 heteroatoms. The first-order valence-electron chi connectivity index (χ1n) is 8.25. The van der Waals surface area contributed by atoms with Crippen molar-refractivity contribution in [2.75, 3.05) is 36.9 Å². The van der Waals surface area contributed by atoms with Crippen LogP contribution in [-0.2, 0) is 6.42 Å². The summed E-state index contributed by atoms with van der Waals surface area (Å²) in [5.74, 6) is 1.86. The van der Waals surface area contributed by atoms with Crippen molar-refractivity contribution < 1.29 is 9.47 Å². The van der Waals surface area contributed by atoms with Crippen LogP contribution >= 0.6 is 0 Å². The van der Waals surface area contributed by atoms with Crippen LogP contribution in [0.1, 0.15) is 18.9 Å². The van der Waals surface area contributed by atoms with Crippen molar-refractivity contribution in [3.05, 3.63) is 48.0 Å². The van der Waals surface area contributed by atoms with Gasteiger partial charge in [-0.3, -0.25) is 0 Å². The van der Waals surface area contributed by atoms with Crippen LogP contribution in [0.3, 0.4) is 0 Å². The quantitative estimate of drug-likeness (QED) is 0.655. The van der Waals surface area contributed by atoms with Crippen molar-refractivity contribution in [1.82, 2.24) is 0 Å². The Morgan fingerprint density at radius 3 is 2.78 bits per heavy atom. The van der Waals surface area contributed by atoms with Gasteiger partial charge in [0.2, 0.25) is 0 Å². The predicted molar refractivity (Wildman–Crippen MR) is 94.5 cm³/mol. The Labute approximate surface area is 137 Å². The Bertz CT molecular complexity index is 640. The van der Waals surface area contributed by atoms with Crippen LogP contribution in [0.4, 0.5) is 11.4 Å². The van der Waals surface area contributed by atoms with Crippen molar-refractivity contribution in [2.24, 2.45) is 0 Å². The van der Waals surface area contributed by atoms with Crippen molar-refractivity contribution in [3.63, 3.8) is 0 Å². The van der Waals surface area contributed by atoms with E-state index in [0.717, 1.165) is 55.4 Å². The highest BCUT2D eigenvalue weighted by Crippen LogP contribution is 2.33. The summed E-state index contributed by atoms with van der Waals surface area (Å²) >= 11 is 0. The fourth-order valence-corrected chi connectivity index (χ4v) is 2.79. The summed E-state index contributed by atoms with van der Waals surface area (Å²) in [5.41, 5.74) is 9.08. The second kappa shape index (κ2) is 7.27. The van der Waals surface area contributed by atoms with Gasteiger partial charge in [0.05, 0.1) is 18.8 Å². The van der Waals surface area contributed by atoms with E-state index in [1.54, 1.807) is 0 Å². The molecule has 23 heavy (non-hydrogen) atoms. The molecule has 3 rings (SSSR count). The van der Waals surface area contributed by atoms with Gasteiger partial charge in [-0.05, 0) is 48.7 Å². The van der Waals surface area contributed by atoms with Crippen LogP contribution in [0.5, 0.6) is 11.5 Å². The molecule has 0 fully saturated rings. The zero-order valence-electron chi connectivity index (χ0n) is 13.6. The zero-order chi connectivity index (χ0) is 16.1. The molecule has 0 aromatic heterocycles. The Balaban J connectivity index is 1.50. The minimum Gasteiger partial charge on any atom is -0.494 e. The van der Waals surface area contributed by atoms with Crippen molar-refractivity contribution in [1.29, 1.82) is 0 Å². The molecule has 0 unspecified atom stereocenters. The van der Waals surface area contributed by atoms with Gasteiger partial charge in [-0.1, -0.05) is 19.1 Å². The van der Waals surface area contributed by atoms with Crippen LogP contribution < -0.4 is 20.1 Å². The average Bonchev–Trinajstić information content (AvgIpc) is 2.59. The molecular weight excluding hydrogens is 288 g/mol. The van der Waals surface area contributed by atoms with E-state index in [9.17, 15) is 0 Å². The van der Waals surface area contributed by atoms with Gasteiger partial charge in [-0.2, -0.15) is 0 Å². The van der Waals surface area contributed by atoms with E-state index in [4.69, 9.17) is 15.2 Å². The van der Waals surface area contributed by atoms with Gasteiger partial charge in [0.15, 0.2) is 0 Å². The molecule has 1 aliphatic heterocycles. The van der Waals surface area contributed by atoms with Gasteiger partial charge < -0.3 is 20.1 Å². The number of ether oxygens (including phenoxy) is 2. The molecule has 1 heterocycles. The Morgan fingerprint density at radius 1 is 1.17 bits per heavy atom. The summed E-state index contributed by atoms with van der Waals surface area (Å²) in [7, 11) is 0. The number of nitrogens with two attached hydrogens (primary N) is 1. The van der Waals surface area contributed by atoms with E-state index < -0.39 is 0 Å². The van der Waals surface area contributed by atoms with Gasteiger partial charge in [-0.25, -0.2) is 0 Å². The third-order valence-electron chi connectivity index (χ3n) is 4.12. The van der Waals surface area contributed by atoms with Gasteiger partial charge >= 0.3 is 0 Å². The molecule has 0 saturated heterocycles. The fourth-order valence-electron chi connectivity index (χ4n) is 2.79. The number of nitrogen functional groups attached to an aromatic ring is 1. The summed E-state index contributed by atoms with van der Waals surface area (Å²) in [6.45, 7) is 5.41. The summed E-state index contributed by atoms with van der Waals surface area (Å²) in [5, 5.41) is 0. The molecule has 2 N–H and O–H groups in total. The number of aryl methyl sites for hydroxylation is 1. The monoisotopic (exact) mass is 312 g/mol. The minimum atomic E-state index is 0.709. The molecule has 4 nitrogen and oxygen atoms in total. The summed E-state index contributed by atoms with van der Waals surface area (Å²) in [6, 6.07) is 14.1. The van der Waals surface area contributed by atoms with E-state index in [2.05, 4.69) is 24.0 Å². The molecule has 0 radical (unpaired) electrons. The number of hydrogen-bond acceptors (Lipinski definition) is 4. The molecule has 0 aliphatic carbocycles. The lowest BCUT2D eigenvalue weighted by molar-refractivity contribution is 0.293. The van der Waals surface area contributed by atoms with Crippen LogP contribution in [0.2, 0.25) is 0 Å². The molecule has 0 amide bonds. The maximum atomic E-state index is 5.89. The SMILES string of the molecule is CCc1ccc(OCCCN2CCOc3ccc(N)cc32)cc1. The predicted octanol–water partition coefficient (Wildman–Crippen LogP) is 3.50. The summed E-state index contributed by atoms with van der Waals surface area (Å²) in [6.07, 6.45) is 2.02. The second-order valence-corrected chi connectivity index (χ2v) is 5.76. The fraction of sp³-hybridized carbons (Fsp3) is 0.368. The number of hydrogen-bond donors (Lipinski definition) is 1. The van der Waals surface area contributed by atoms with Gasteiger partial charge in [0.1, 0.15) is 18.1 Å². The van der Waals surface area contributed by atoms with Gasteiger partial charge in [0.25, 0.3) is 0 Å². The Kier molecular flexibility index (Phi) is 4.91. The van der Waals surface area contributed by atoms with E-state index in [-0.39, 0.29) is 0 Å². The van der Waals surface area contributed by atoms with Crippen LogP contribution in [0.15, 0.2) is 42.5 Å². The number of rotatable bonds is 6. The highest BCUT2D eigenvalue weighted by molar-refractivity contribution is 5.65. The largest absolute Gasteiger partial charge is 0.494 e. The van der Waals surface area contributed by atoms with Crippen molar-refractivity contribution >= 4 is 11.4 Å². The second-order valence-electron chi connectivity index (χ2n) is 5.76. The first-order chi connectivity index (χ1) is 11.3. The lowest BCUT2D eigenvalue weighted by Gasteiger charge is -2.31. The lowest BCUT2D eigenvalue weighted by atomic mass is 10.2. The maximum Gasteiger partial charge on any atom is 0.142 e. The molecule has 0 saturated carbocycles. The lowest BCUT2D eigenvalue weighted by Crippen LogP contribution is -2.34. The molecule has 2 aromatic rings. The van der Waals surface area contributed by atoms with E-state index in [0.29, 0.717) is 6.61 Å². The molecule has 0 spiro atoms. The normalized spacial score (nSPS) is 13.3. The number of anilines is 2. The summed E-state index contributed by atoms with van der Waals surface area (Å²) < 4.78 is 11.5. The third-order valence-corrected chi connectivity index (χ3v) is 4.12. The number of fused-ring (bicyclic) bond motifs is 1. The van der Waals surface area contributed by atoms with Crippen LogP contribution in [0.25, 0.3) is 0 Å². The average molecular weight is 312 g/mol. The first kappa shape index (κ1) is 15.5. The van der Waals surface area contributed by atoms with Crippen LogP contribution in [0, 0.1) is 0 Å². The van der Waals surface area contributed by atoms with E-state index >= 15 is 0 Å². The smallest absolute Gasteiger partial charge is 0.142 e. The molecule has 122 valence electrons. The maximum absolute atomic E-state index is 5.89. The standard InChI is InChI=1S/C19H24N2O2/c1-2-15-4-7-17(8-5-15)22-12-3-10-21-11-13-23-19-9-6-16(20)14-18(19)21/h4-9,14H,2-3,10-13,20H2,1H3. The molecule has 0 atom stereocenters. The van der Waals surface area contributed by atoms with E-state index in [1.165, 1.54) is 5.56 Å². The zero-order valence-corrected chi connectivity index (χ0v) is 13.6. The molecule has 2 aromatic carbocycles. The van der Waals surface area contributed by atoms with Crippen LogP contribution in [-0.4, -0.2) is 26.3 Å². The van der Waals surface area contributed by atoms with Gasteiger partial charge in [0, 0.05) is 12.2 Å². The van der Waals surface area contributed by atoms with Gasteiger partial charge in [-0.15, -0.1) is 0 Å². The minimum absolute atomic E-state index is 0.709. The highest BCUT2D eigenvalue weighted by Gasteiger charge is 2.17. The summed E-state index contributed by atoms with van der Waals surface area (Å²) in [4.78, 5) is 2.32. The van der Waals surface area contributed by atoms with Crippen molar-refractivity contribution in [2.45, 2.75) is 19.8 Å². The first-order valence-corrected chi connectivity index (χ1v) is 8.25. The Hall–Kier alpha value is -2.36. The molecule has 1 aliphatic rings. The topological polar surface area (TPSA) is 47.7 Å². The highest BCUT2D eigenvalue weighted by atomic mass is 16.5.